The number of carbonyl (C=O) groups excluding carboxylic acids is 3. The normalized spacial score (nSPS) is 10.3. The van der Waals surface area contributed by atoms with Crippen molar-refractivity contribution in [3.05, 3.63) is 30.3 Å². The summed E-state index contributed by atoms with van der Waals surface area (Å²) in [5, 5.41) is 2.45. The van der Waals surface area contributed by atoms with Gasteiger partial charge in [0, 0.05) is 13.6 Å². The van der Waals surface area contributed by atoms with Gasteiger partial charge in [0.2, 0.25) is 6.29 Å². The van der Waals surface area contributed by atoms with Gasteiger partial charge in [-0.1, -0.05) is 18.2 Å². The molecule has 0 saturated carbocycles. The number of carbonyl (C=O) groups is 2. The summed E-state index contributed by atoms with van der Waals surface area (Å²) < 4.78 is 0. The van der Waals surface area contributed by atoms with Crippen LogP contribution < -0.4 is 10.2 Å². The van der Waals surface area contributed by atoms with Gasteiger partial charge in [-0.05, 0) is 39.2 Å². The Morgan fingerprint density at radius 2 is 1.78 bits per heavy atom. The van der Waals surface area contributed by atoms with Crippen LogP contribution in [0.1, 0.15) is 6.42 Å². The quantitative estimate of drug-likeness (QED) is 0.822. The molecular weight excluding hydrogens is 296 g/mol. The largest absolute Gasteiger partial charge is 0.340 e. The summed E-state index contributed by atoms with van der Waals surface area (Å²) in [6.07, 6.45) is 2.42. The Morgan fingerprint density at radius 3 is 2.30 bits per heavy atom. The van der Waals surface area contributed by atoms with Gasteiger partial charge in [0.25, 0.3) is 0 Å². The highest BCUT2D eigenvalue weighted by atomic mass is 16.2. The maximum absolute atomic E-state index is 12.7. The second kappa shape index (κ2) is 9.58. The fourth-order valence-electron chi connectivity index (χ4n) is 2.04. The number of benzene rings is 1. The van der Waals surface area contributed by atoms with Crippen LogP contribution in [0.5, 0.6) is 0 Å². The Bertz CT molecular complexity index is 519. The molecule has 1 N–H and O–H groups in total. The van der Waals surface area contributed by atoms with Gasteiger partial charge in [0.05, 0.1) is 12.2 Å². The molecule has 0 saturated heterocycles. The van der Waals surface area contributed by atoms with Crippen LogP contribution in [0.15, 0.2) is 30.3 Å². The van der Waals surface area contributed by atoms with Gasteiger partial charge in [0.15, 0.2) is 0 Å². The van der Waals surface area contributed by atoms with E-state index >= 15 is 0 Å². The average molecular weight is 319 g/mol. The van der Waals surface area contributed by atoms with E-state index < -0.39 is 12.1 Å². The van der Waals surface area contributed by atoms with Crippen LogP contribution in [0.4, 0.5) is 15.3 Å². The van der Waals surface area contributed by atoms with Crippen molar-refractivity contribution in [2.75, 3.05) is 45.7 Å². The number of amides is 4. The van der Waals surface area contributed by atoms with E-state index in [1.807, 2.05) is 19.0 Å². The zero-order chi connectivity index (χ0) is 17.2. The molecule has 23 heavy (non-hydrogen) atoms. The number of hydrogen-bond acceptors (Lipinski definition) is 4. The number of nitrogens with one attached hydrogen (secondary N) is 1. The molecule has 1 aromatic rings. The van der Waals surface area contributed by atoms with Crippen molar-refractivity contribution < 1.29 is 14.4 Å². The second-order valence-electron chi connectivity index (χ2n) is 5.23. The molecule has 0 spiro atoms. The first-order valence-corrected chi connectivity index (χ1v) is 7.36. The smallest absolute Gasteiger partial charge is 0.333 e. The van der Waals surface area contributed by atoms with E-state index in [2.05, 4.69) is 5.32 Å². The highest BCUT2D eigenvalue weighted by molar-refractivity contribution is 6.13. The van der Waals surface area contributed by atoms with Crippen molar-refractivity contribution in [2.24, 2.45) is 0 Å². The van der Waals surface area contributed by atoms with Gasteiger partial charge >= 0.3 is 12.1 Å². The van der Waals surface area contributed by atoms with Gasteiger partial charge in [-0.15, -0.1) is 0 Å². The molecular formula is C16H23N4O3. The molecule has 0 aromatic heterocycles. The van der Waals surface area contributed by atoms with Crippen molar-refractivity contribution in [1.82, 2.24) is 15.1 Å². The number of imide groups is 1. The second-order valence-corrected chi connectivity index (χ2v) is 5.23. The van der Waals surface area contributed by atoms with E-state index in [1.165, 1.54) is 11.9 Å². The molecule has 1 aromatic carbocycles. The number of urea groups is 2. The van der Waals surface area contributed by atoms with E-state index in [0.29, 0.717) is 18.7 Å². The van der Waals surface area contributed by atoms with Gasteiger partial charge in [-0.3, -0.25) is 4.79 Å². The highest BCUT2D eigenvalue weighted by Crippen LogP contribution is 2.16. The zero-order valence-corrected chi connectivity index (χ0v) is 13.8. The molecule has 0 aliphatic carbocycles. The first-order chi connectivity index (χ1) is 11.0. The van der Waals surface area contributed by atoms with Crippen LogP contribution in [0.25, 0.3) is 0 Å². The predicted molar refractivity (Wildman–Crippen MR) is 89.2 cm³/mol. The Balaban J connectivity index is 2.95. The molecule has 7 heteroatoms. The number of nitrogens with zero attached hydrogens (tertiary/aromatic N) is 3. The lowest BCUT2D eigenvalue weighted by molar-refractivity contribution is 0.205. The summed E-state index contributed by atoms with van der Waals surface area (Å²) >= 11 is 0. The van der Waals surface area contributed by atoms with Gasteiger partial charge in [-0.25, -0.2) is 14.5 Å². The molecule has 0 aliphatic heterocycles. The van der Waals surface area contributed by atoms with E-state index in [1.54, 1.807) is 36.6 Å². The van der Waals surface area contributed by atoms with Crippen molar-refractivity contribution in [2.45, 2.75) is 6.42 Å². The number of anilines is 1. The molecule has 0 fully saturated rings. The molecule has 1 radical (unpaired) electrons. The third-order valence-corrected chi connectivity index (χ3v) is 3.18. The highest BCUT2D eigenvalue weighted by Gasteiger charge is 2.27. The van der Waals surface area contributed by atoms with Gasteiger partial charge in [0.1, 0.15) is 0 Å². The Kier molecular flexibility index (Phi) is 7.76. The maximum Gasteiger partial charge on any atom is 0.333 e. The van der Waals surface area contributed by atoms with E-state index in [4.69, 9.17) is 0 Å². The number of rotatable bonds is 7. The van der Waals surface area contributed by atoms with Crippen molar-refractivity contribution in [3.8, 4) is 0 Å². The monoisotopic (exact) mass is 319 g/mol. The summed E-state index contributed by atoms with van der Waals surface area (Å²) in [6, 6.07) is 7.50. The minimum Gasteiger partial charge on any atom is -0.340 e. The Morgan fingerprint density at radius 1 is 1.13 bits per heavy atom. The third kappa shape index (κ3) is 5.71. The minimum absolute atomic E-state index is 0.174. The molecule has 0 aliphatic rings. The third-order valence-electron chi connectivity index (χ3n) is 3.18. The predicted octanol–water partition coefficient (Wildman–Crippen LogP) is 1.32. The summed E-state index contributed by atoms with van der Waals surface area (Å²) in [4.78, 5) is 39.9. The fourth-order valence-corrected chi connectivity index (χ4v) is 2.04. The van der Waals surface area contributed by atoms with Crippen LogP contribution >= 0.6 is 0 Å². The van der Waals surface area contributed by atoms with Crippen LogP contribution in [0.2, 0.25) is 0 Å². The number of para-hydroxylation sites is 1. The molecule has 1 rings (SSSR count). The molecule has 4 amide bonds. The molecule has 125 valence electrons. The average Bonchev–Trinajstić information content (AvgIpc) is 2.54. The standard InChI is InChI=1S/C16H23N4O3/c1-17-15(22)20(14-8-5-4-6-9-14)16(23)19(12-13-21)11-7-10-18(2)3/h4-6,8-9H,7,10-12H2,1-3H3,(H,17,22). The molecule has 0 atom stereocenters. The van der Waals surface area contributed by atoms with Gasteiger partial charge < -0.3 is 15.1 Å². The van der Waals surface area contributed by atoms with Crippen LogP contribution in [-0.4, -0.2) is 68.9 Å². The Hall–Kier alpha value is -2.41. The topological polar surface area (TPSA) is 73.0 Å². The SMILES string of the molecule is CNC(=O)N(C(=O)N(C[C]=O)CCCN(C)C)c1ccccc1. The zero-order valence-electron chi connectivity index (χ0n) is 13.8. The maximum atomic E-state index is 12.7. The van der Waals surface area contributed by atoms with Crippen molar-refractivity contribution in [1.29, 1.82) is 0 Å². The van der Waals surface area contributed by atoms with Crippen LogP contribution in [0, 0.1) is 0 Å². The van der Waals surface area contributed by atoms with E-state index in [9.17, 15) is 14.4 Å². The number of hydrogen-bond donors (Lipinski definition) is 1. The molecule has 0 unspecified atom stereocenters. The van der Waals surface area contributed by atoms with Crippen molar-refractivity contribution in [3.63, 3.8) is 0 Å². The van der Waals surface area contributed by atoms with Crippen LogP contribution in [0.3, 0.4) is 0 Å². The summed E-state index contributed by atoms with van der Waals surface area (Å²) in [7, 11) is 5.31. The fraction of sp³-hybridized carbons (Fsp3) is 0.438. The van der Waals surface area contributed by atoms with E-state index in [0.717, 1.165) is 11.4 Å². The first kappa shape index (κ1) is 18.6. The lowest BCUT2D eigenvalue weighted by atomic mass is 10.3. The molecule has 0 heterocycles. The van der Waals surface area contributed by atoms with Crippen LogP contribution in [-0.2, 0) is 4.79 Å². The summed E-state index contributed by atoms with van der Waals surface area (Å²) in [5.41, 5.74) is 0.445. The minimum atomic E-state index is -0.551. The van der Waals surface area contributed by atoms with E-state index in [-0.39, 0.29) is 6.54 Å². The summed E-state index contributed by atoms with van der Waals surface area (Å²) in [5.74, 6) is 0. The first-order valence-electron chi connectivity index (χ1n) is 7.36. The lowest BCUT2D eigenvalue weighted by Gasteiger charge is -2.28. The van der Waals surface area contributed by atoms with Crippen molar-refractivity contribution >= 4 is 24.0 Å². The molecule has 7 nitrogen and oxygen atoms in total. The van der Waals surface area contributed by atoms with Gasteiger partial charge in [-0.2, -0.15) is 0 Å². The Labute approximate surface area is 136 Å². The molecule has 0 bridgehead atoms. The lowest BCUT2D eigenvalue weighted by Crippen LogP contribution is -2.50. The summed E-state index contributed by atoms with van der Waals surface area (Å²) in [6.45, 7) is 0.965.